The molecule has 122 valence electrons. The molecule has 6 heteroatoms. The number of benzene rings is 1. The normalized spacial score (nSPS) is 12.0. The Morgan fingerprint density at radius 3 is 2.68 bits per heavy atom. The highest BCUT2D eigenvalue weighted by molar-refractivity contribution is 9.09. The molecule has 22 heavy (non-hydrogen) atoms. The van der Waals surface area contributed by atoms with Gasteiger partial charge in [0.25, 0.3) is 0 Å². The zero-order chi connectivity index (χ0) is 16.2. The minimum atomic E-state index is -1.04. The van der Waals surface area contributed by atoms with E-state index in [9.17, 15) is 0 Å². The lowest BCUT2D eigenvalue weighted by Gasteiger charge is -2.15. The number of hydrogen-bond donors (Lipinski definition) is 0. The summed E-state index contributed by atoms with van der Waals surface area (Å²) in [5.74, 6) is 0.877. The number of methoxy groups -OCH3 is 1. The summed E-state index contributed by atoms with van der Waals surface area (Å²) in [6, 6.07) is 5.27. The van der Waals surface area contributed by atoms with E-state index in [-0.39, 0.29) is 0 Å². The van der Waals surface area contributed by atoms with Crippen LogP contribution in [0.2, 0.25) is 25.7 Å². The van der Waals surface area contributed by atoms with Gasteiger partial charge in [0.1, 0.15) is 12.5 Å². The van der Waals surface area contributed by atoms with Crippen molar-refractivity contribution in [2.24, 2.45) is 0 Å². The molecule has 0 unspecified atom stereocenters. The lowest BCUT2D eigenvalue weighted by Crippen LogP contribution is -2.22. The molecule has 4 nitrogen and oxygen atoms in total. The minimum absolute atomic E-state index is 0.509. The van der Waals surface area contributed by atoms with E-state index in [1.807, 2.05) is 16.9 Å². The van der Waals surface area contributed by atoms with Crippen molar-refractivity contribution in [2.45, 2.75) is 38.8 Å². The largest absolute Gasteiger partial charge is 0.497 e. The zero-order valence-corrected chi connectivity index (χ0v) is 16.4. The highest BCUT2D eigenvalue weighted by atomic mass is 79.9. The number of aryl methyl sites for hydroxylation is 1. The molecule has 0 aliphatic carbocycles. The summed E-state index contributed by atoms with van der Waals surface area (Å²) in [6.45, 7) is 8.39. The molecule has 0 spiro atoms. The summed E-state index contributed by atoms with van der Waals surface area (Å²) in [5, 5.41) is 6.68. The van der Waals surface area contributed by atoms with Gasteiger partial charge in [-0.2, -0.15) is 5.10 Å². The van der Waals surface area contributed by atoms with Crippen LogP contribution in [0.5, 0.6) is 5.75 Å². The minimum Gasteiger partial charge on any atom is -0.497 e. The molecule has 1 aromatic heterocycles. The highest BCUT2D eigenvalue weighted by Crippen LogP contribution is 2.25. The number of ether oxygens (including phenoxy) is 2. The van der Waals surface area contributed by atoms with E-state index in [0.717, 1.165) is 35.0 Å². The first-order valence-corrected chi connectivity index (χ1v) is 12.4. The zero-order valence-electron chi connectivity index (χ0n) is 13.9. The topological polar surface area (TPSA) is 36.3 Å². The van der Waals surface area contributed by atoms with Crippen LogP contribution in [-0.4, -0.2) is 36.9 Å². The number of hydrogen-bond acceptors (Lipinski definition) is 3. The number of halogens is 1. The van der Waals surface area contributed by atoms with Crippen LogP contribution in [0.25, 0.3) is 10.9 Å². The van der Waals surface area contributed by atoms with Crippen LogP contribution >= 0.6 is 15.9 Å². The number of nitrogens with zero attached hydrogens (tertiary/aromatic N) is 2. The molecule has 1 heterocycles. The summed E-state index contributed by atoms with van der Waals surface area (Å²) in [7, 11) is 0.662. The van der Waals surface area contributed by atoms with Gasteiger partial charge in [0.15, 0.2) is 0 Å². The molecule has 2 rings (SSSR count). The van der Waals surface area contributed by atoms with Gasteiger partial charge in [-0.25, -0.2) is 4.68 Å². The van der Waals surface area contributed by atoms with Crippen LogP contribution in [0.15, 0.2) is 18.3 Å². The van der Waals surface area contributed by atoms with Crippen molar-refractivity contribution >= 4 is 34.9 Å². The van der Waals surface area contributed by atoms with E-state index >= 15 is 0 Å². The number of aromatic nitrogens is 2. The predicted molar refractivity (Wildman–Crippen MR) is 97.9 cm³/mol. The molecular weight excluding hydrogens is 360 g/mol. The van der Waals surface area contributed by atoms with Gasteiger partial charge >= 0.3 is 0 Å². The SMILES string of the molecule is COc1cc(CCBr)c2nn(COCC[Si](C)(C)C)cc2c1. The molecule has 0 aliphatic heterocycles. The molecule has 2 aromatic rings. The van der Waals surface area contributed by atoms with Crippen molar-refractivity contribution < 1.29 is 9.47 Å². The van der Waals surface area contributed by atoms with Crippen LogP contribution < -0.4 is 4.74 Å². The molecular formula is C16H25BrN2O2Si. The van der Waals surface area contributed by atoms with Gasteiger partial charge in [-0.05, 0) is 30.2 Å². The van der Waals surface area contributed by atoms with Gasteiger partial charge in [0, 0.05) is 31.6 Å². The van der Waals surface area contributed by atoms with Gasteiger partial charge in [0.05, 0.1) is 12.6 Å². The second-order valence-corrected chi connectivity index (χ2v) is 13.1. The Bertz CT molecular complexity index is 622. The summed E-state index contributed by atoms with van der Waals surface area (Å²) in [5.41, 5.74) is 2.24. The molecule has 0 fully saturated rings. The highest BCUT2D eigenvalue weighted by Gasteiger charge is 2.13. The molecule has 0 N–H and O–H groups in total. The van der Waals surface area contributed by atoms with E-state index in [0.29, 0.717) is 6.73 Å². The quantitative estimate of drug-likeness (QED) is 0.386. The first-order chi connectivity index (χ1) is 10.4. The van der Waals surface area contributed by atoms with E-state index < -0.39 is 8.07 Å². The average molecular weight is 385 g/mol. The van der Waals surface area contributed by atoms with Crippen molar-refractivity contribution in [3.8, 4) is 5.75 Å². The van der Waals surface area contributed by atoms with Gasteiger partial charge < -0.3 is 9.47 Å². The van der Waals surface area contributed by atoms with Crippen molar-refractivity contribution in [2.75, 3.05) is 19.0 Å². The second kappa shape index (κ2) is 7.61. The van der Waals surface area contributed by atoms with Crippen LogP contribution in [0.4, 0.5) is 0 Å². The lowest BCUT2D eigenvalue weighted by atomic mass is 10.1. The van der Waals surface area contributed by atoms with Gasteiger partial charge in [-0.3, -0.25) is 0 Å². The molecule has 0 saturated carbocycles. The van der Waals surface area contributed by atoms with Crippen LogP contribution in [0.1, 0.15) is 5.56 Å². The Morgan fingerprint density at radius 1 is 1.27 bits per heavy atom. The number of fused-ring (bicyclic) bond motifs is 1. The standard InChI is InChI=1S/C16H25BrN2O2Si/c1-20-15-9-13(5-6-17)16-14(10-15)11-19(18-16)12-21-7-8-22(2,3)4/h9-11H,5-8,12H2,1-4H3. The monoisotopic (exact) mass is 384 g/mol. The number of rotatable bonds is 8. The lowest BCUT2D eigenvalue weighted by molar-refractivity contribution is 0.0791. The van der Waals surface area contributed by atoms with Crippen LogP contribution in [0.3, 0.4) is 0 Å². The van der Waals surface area contributed by atoms with Gasteiger partial charge in [-0.15, -0.1) is 0 Å². The van der Waals surface area contributed by atoms with Crippen LogP contribution in [0, 0.1) is 0 Å². The first kappa shape index (κ1) is 17.5. The predicted octanol–water partition coefficient (Wildman–Crippen LogP) is 4.29. The van der Waals surface area contributed by atoms with Crippen molar-refractivity contribution in [3.05, 3.63) is 23.9 Å². The van der Waals surface area contributed by atoms with Crippen molar-refractivity contribution in [3.63, 3.8) is 0 Å². The summed E-state index contributed by atoms with van der Waals surface area (Å²) in [6.07, 6.45) is 2.96. The Labute approximate surface area is 141 Å². The fourth-order valence-electron chi connectivity index (χ4n) is 2.24. The Hall–Kier alpha value is -0.853. The third kappa shape index (κ3) is 4.83. The first-order valence-electron chi connectivity index (χ1n) is 7.61. The average Bonchev–Trinajstić information content (AvgIpc) is 2.86. The van der Waals surface area contributed by atoms with Crippen molar-refractivity contribution in [1.29, 1.82) is 0 Å². The molecule has 0 amide bonds. The Morgan fingerprint density at radius 2 is 2.05 bits per heavy atom. The third-order valence-electron chi connectivity index (χ3n) is 3.53. The second-order valence-electron chi connectivity index (χ2n) is 6.68. The maximum Gasteiger partial charge on any atom is 0.139 e. The molecule has 0 radical (unpaired) electrons. The van der Waals surface area contributed by atoms with Crippen LogP contribution in [-0.2, 0) is 17.9 Å². The van der Waals surface area contributed by atoms with E-state index in [4.69, 9.17) is 9.47 Å². The summed E-state index contributed by atoms with van der Waals surface area (Å²) in [4.78, 5) is 0. The van der Waals surface area contributed by atoms with Gasteiger partial charge in [-0.1, -0.05) is 35.6 Å². The third-order valence-corrected chi connectivity index (χ3v) is 5.63. The molecule has 0 bridgehead atoms. The van der Waals surface area contributed by atoms with E-state index in [1.165, 1.54) is 11.6 Å². The maximum absolute atomic E-state index is 5.78. The molecule has 0 aliphatic rings. The smallest absolute Gasteiger partial charge is 0.139 e. The van der Waals surface area contributed by atoms with Crippen molar-refractivity contribution in [1.82, 2.24) is 9.78 Å². The summed E-state index contributed by atoms with van der Waals surface area (Å²) >= 11 is 3.50. The molecule has 0 atom stereocenters. The summed E-state index contributed by atoms with van der Waals surface area (Å²) < 4.78 is 13.0. The fourth-order valence-corrected chi connectivity index (χ4v) is 3.42. The Kier molecular flexibility index (Phi) is 6.06. The Balaban J connectivity index is 2.10. The molecule has 0 saturated heterocycles. The van der Waals surface area contributed by atoms with E-state index in [1.54, 1.807) is 7.11 Å². The molecule has 1 aromatic carbocycles. The maximum atomic E-state index is 5.78. The van der Waals surface area contributed by atoms with E-state index in [2.05, 4.69) is 46.7 Å². The number of alkyl halides is 1. The fraction of sp³-hybridized carbons (Fsp3) is 0.562. The van der Waals surface area contributed by atoms with Gasteiger partial charge in [0.2, 0.25) is 0 Å².